The Morgan fingerprint density at radius 2 is 1.85 bits per heavy atom. The van der Waals surface area contributed by atoms with E-state index in [0.29, 0.717) is 24.8 Å². The number of methoxy groups -OCH3 is 1. The van der Waals surface area contributed by atoms with Crippen molar-refractivity contribution in [2.45, 2.75) is 24.2 Å². The van der Waals surface area contributed by atoms with E-state index in [1.165, 1.54) is 29.6 Å². The fourth-order valence-electron chi connectivity index (χ4n) is 4.41. The molecule has 0 unspecified atom stereocenters. The molecule has 1 saturated heterocycles. The van der Waals surface area contributed by atoms with Crippen LogP contribution in [0.5, 0.6) is 5.75 Å². The molecule has 3 aromatic rings. The minimum absolute atomic E-state index is 0.0437. The first kappa shape index (κ1) is 22.6. The van der Waals surface area contributed by atoms with Crippen molar-refractivity contribution in [3.8, 4) is 11.4 Å². The predicted octanol–water partition coefficient (Wildman–Crippen LogP) is 2.64. The van der Waals surface area contributed by atoms with Crippen LogP contribution in [-0.2, 0) is 27.6 Å². The highest BCUT2D eigenvalue weighted by Crippen LogP contribution is 2.32. The van der Waals surface area contributed by atoms with E-state index in [-0.39, 0.29) is 23.5 Å². The Hall–Kier alpha value is -3.21. The van der Waals surface area contributed by atoms with Crippen molar-refractivity contribution in [1.82, 2.24) is 14.1 Å². The van der Waals surface area contributed by atoms with Gasteiger partial charge in [-0.05, 0) is 49.6 Å². The summed E-state index contributed by atoms with van der Waals surface area (Å²) >= 11 is 0. The summed E-state index contributed by atoms with van der Waals surface area (Å²) in [5.41, 5.74) is 2.95. The molecule has 9 nitrogen and oxygen atoms in total. The topological polar surface area (TPSA) is 103 Å². The third-order valence-corrected chi connectivity index (χ3v) is 8.06. The summed E-state index contributed by atoms with van der Waals surface area (Å²) in [5.74, 6) is 0.440. The van der Waals surface area contributed by atoms with Crippen molar-refractivity contribution in [2.75, 3.05) is 38.7 Å². The van der Waals surface area contributed by atoms with Crippen LogP contribution < -0.4 is 10.1 Å². The van der Waals surface area contributed by atoms with Crippen LogP contribution in [0.25, 0.3) is 5.69 Å². The Morgan fingerprint density at radius 1 is 1.09 bits per heavy atom. The van der Waals surface area contributed by atoms with Gasteiger partial charge in [0.25, 0.3) is 5.91 Å². The normalized spacial score (nSPS) is 16.3. The summed E-state index contributed by atoms with van der Waals surface area (Å²) < 4.78 is 40.1. The second-order valence-corrected chi connectivity index (χ2v) is 10.1. The van der Waals surface area contributed by atoms with E-state index in [1.54, 1.807) is 4.68 Å². The summed E-state index contributed by atoms with van der Waals surface area (Å²) in [6.45, 7) is 1.24. The van der Waals surface area contributed by atoms with E-state index < -0.39 is 15.9 Å². The van der Waals surface area contributed by atoms with Crippen molar-refractivity contribution in [1.29, 1.82) is 0 Å². The van der Waals surface area contributed by atoms with Crippen LogP contribution in [0.2, 0.25) is 0 Å². The number of fused-ring (bicyclic) bond motifs is 1. The molecule has 178 valence electrons. The first-order chi connectivity index (χ1) is 16.5. The fraction of sp³-hybridized carbons (Fsp3) is 0.333. The second kappa shape index (κ2) is 9.21. The lowest BCUT2D eigenvalue weighted by molar-refractivity contribution is 0.0730. The number of rotatable bonds is 6. The summed E-state index contributed by atoms with van der Waals surface area (Å²) in [7, 11) is -2.31. The number of aromatic nitrogens is 2. The molecule has 2 heterocycles. The monoisotopic (exact) mass is 482 g/mol. The molecule has 1 aliphatic heterocycles. The average Bonchev–Trinajstić information content (AvgIpc) is 3.47. The molecule has 10 heteroatoms. The third kappa shape index (κ3) is 4.08. The average molecular weight is 483 g/mol. The lowest BCUT2D eigenvalue weighted by Crippen LogP contribution is -2.40. The van der Waals surface area contributed by atoms with Crippen LogP contribution in [-0.4, -0.2) is 61.8 Å². The largest absolute Gasteiger partial charge is 0.496 e. The Kier molecular flexibility index (Phi) is 6.11. The van der Waals surface area contributed by atoms with E-state index in [0.717, 1.165) is 36.2 Å². The number of nitrogens with one attached hydrogen (secondary N) is 1. The van der Waals surface area contributed by atoms with Gasteiger partial charge in [-0.2, -0.15) is 9.40 Å². The molecule has 2 aromatic carbocycles. The molecular weight excluding hydrogens is 456 g/mol. The number of benzene rings is 2. The van der Waals surface area contributed by atoms with E-state index in [2.05, 4.69) is 5.32 Å². The summed E-state index contributed by atoms with van der Waals surface area (Å²) in [5, 5.41) is 7.72. The molecule has 34 heavy (non-hydrogen) atoms. The molecule has 0 spiro atoms. The lowest BCUT2D eigenvalue weighted by atomic mass is 10.1. The maximum absolute atomic E-state index is 13.5. The standard InChI is InChI=1S/C24H26N4O5S/c1-32-22-11-10-18(34(30,31)27-12-14-33-15-13-27)16-20(22)24(29)25-23-19-8-5-9-21(19)26-28(23)17-6-3-2-4-7-17/h2-4,6-7,10-11,16H,5,8-9,12-15H2,1H3,(H,25,29). The highest BCUT2D eigenvalue weighted by Gasteiger charge is 2.29. The molecule has 0 saturated carbocycles. The molecule has 1 fully saturated rings. The van der Waals surface area contributed by atoms with Gasteiger partial charge in [-0.25, -0.2) is 13.1 Å². The van der Waals surface area contributed by atoms with Crippen LogP contribution in [0.15, 0.2) is 53.4 Å². The van der Waals surface area contributed by atoms with Crippen molar-refractivity contribution in [3.05, 3.63) is 65.4 Å². The maximum Gasteiger partial charge on any atom is 0.260 e. The molecule has 2 aliphatic rings. The minimum atomic E-state index is -3.77. The number of amides is 1. The van der Waals surface area contributed by atoms with Gasteiger partial charge in [-0.15, -0.1) is 0 Å². The molecule has 1 aromatic heterocycles. The van der Waals surface area contributed by atoms with Crippen molar-refractivity contribution < 1.29 is 22.7 Å². The maximum atomic E-state index is 13.5. The van der Waals surface area contributed by atoms with E-state index in [9.17, 15) is 13.2 Å². The van der Waals surface area contributed by atoms with Gasteiger partial charge in [0.15, 0.2) is 0 Å². The van der Waals surface area contributed by atoms with Crippen molar-refractivity contribution >= 4 is 21.7 Å². The van der Waals surface area contributed by atoms with E-state index in [4.69, 9.17) is 14.6 Å². The number of carbonyl (C=O) groups excluding carboxylic acids is 1. The van der Waals surface area contributed by atoms with Gasteiger partial charge in [-0.1, -0.05) is 18.2 Å². The summed E-state index contributed by atoms with van der Waals surface area (Å²) in [4.78, 5) is 13.5. The number of hydrogen-bond acceptors (Lipinski definition) is 6. The van der Waals surface area contributed by atoms with Gasteiger partial charge in [0.05, 0.1) is 42.2 Å². The molecule has 5 rings (SSSR count). The number of para-hydroxylation sites is 1. The van der Waals surface area contributed by atoms with Gasteiger partial charge < -0.3 is 14.8 Å². The molecular formula is C24H26N4O5S. The Bertz CT molecular complexity index is 1310. The highest BCUT2D eigenvalue weighted by atomic mass is 32.2. The smallest absolute Gasteiger partial charge is 0.260 e. The van der Waals surface area contributed by atoms with Crippen molar-refractivity contribution in [3.63, 3.8) is 0 Å². The Balaban J connectivity index is 1.51. The lowest BCUT2D eigenvalue weighted by Gasteiger charge is -2.26. The van der Waals surface area contributed by atoms with E-state index in [1.807, 2.05) is 30.3 Å². The number of aryl methyl sites for hydroxylation is 1. The van der Waals surface area contributed by atoms with Crippen LogP contribution in [0.4, 0.5) is 5.82 Å². The zero-order valence-electron chi connectivity index (χ0n) is 18.9. The fourth-order valence-corrected chi connectivity index (χ4v) is 5.85. The van der Waals surface area contributed by atoms with Crippen LogP contribution in [0.3, 0.4) is 0 Å². The SMILES string of the molecule is COc1ccc(S(=O)(=O)N2CCOCC2)cc1C(=O)Nc1c2c(nn1-c1ccccc1)CCC2. The first-order valence-corrected chi connectivity index (χ1v) is 12.7. The first-order valence-electron chi connectivity index (χ1n) is 11.2. The summed E-state index contributed by atoms with van der Waals surface area (Å²) in [6, 6.07) is 14.0. The number of ether oxygens (including phenoxy) is 2. The van der Waals surface area contributed by atoms with Gasteiger partial charge >= 0.3 is 0 Å². The molecule has 1 N–H and O–H groups in total. The molecule has 0 atom stereocenters. The Labute approximate surface area is 198 Å². The number of nitrogens with zero attached hydrogens (tertiary/aromatic N) is 3. The van der Waals surface area contributed by atoms with E-state index >= 15 is 0 Å². The number of hydrogen-bond donors (Lipinski definition) is 1. The zero-order valence-corrected chi connectivity index (χ0v) is 19.7. The van der Waals surface area contributed by atoms with Gasteiger partial charge in [0, 0.05) is 18.7 Å². The third-order valence-electron chi connectivity index (χ3n) is 6.16. The molecule has 0 bridgehead atoms. The summed E-state index contributed by atoms with van der Waals surface area (Å²) in [6.07, 6.45) is 2.65. The Morgan fingerprint density at radius 3 is 2.59 bits per heavy atom. The highest BCUT2D eigenvalue weighted by molar-refractivity contribution is 7.89. The van der Waals surface area contributed by atoms with Gasteiger partial charge in [0.2, 0.25) is 10.0 Å². The van der Waals surface area contributed by atoms with Crippen LogP contribution >= 0.6 is 0 Å². The molecule has 0 radical (unpaired) electrons. The number of morpholine rings is 1. The quantitative estimate of drug-likeness (QED) is 0.580. The predicted molar refractivity (Wildman–Crippen MR) is 126 cm³/mol. The second-order valence-electron chi connectivity index (χ2n) is 8.21. The molecule has 1 amide bonds. The number of carbonyl (C=O) groups is 1. The molecule has 1 aliphatic carbocycles. The van der Waals surface area contributed by atoms with Gasteiger partial charge in [0.1, 0.15) is 11.6 Å². The van der Waals surface area contributed by atoms with Gasteiger partial charge in [-0.3, -0.25) is 4.79 Å². The number of anilines is 1. The van der Waals surface area contributed by atoms with Crippen molar-refractivity contribution in [2.24, 2.45) is 0 Å². The zero-order chi connectivity index (χ0) is 23.7. The van der Waals surface area contributed by atoms with Crippen LogP contribution in [0, 0.1) is 0 Å². The minimum Gasteiger partial charge on any atom is -0.496 e. The number of sulfonamides is 1. The van der Waals surface area contributed by atoms with Crippen LogP contribution in [0.1, 0.15) is 28.0 Å².